The highest BCUT2D eigenvalue weighted by molar-refractivity contribution is 6.27. The summed E-state index contributed by atoms with van der Waals surface area (Å²) in [5.41, 5.74) is 4.24. The van der Waals surface area contributed by atoms with Crippen LogP contribution >= 0.6 is 11.6 Å². The zero-order valence-corrected chi connectivity index (χ0v) is 16.3. The number of alkyl halides is 1. The quantitative estimate of drug-likeness (QED) is 0.754. The molecule has 27 heavy (non-hydrogen) atoms. The van der Waals surface area contributed by atoms with Gasteiger partial charge >= 0.3 is 0 Å². The molecule has 1 aliphatic heterocycles. The second-order valence-electron chi connectivity index (χ2n) is 7.05. The Morgan fingerprint density at radius 3 is 2.63 bits per heavy atom. The Labute approximate surface area is 164 Å². The minimum atomic E-state index is -0.230. The number of benzene rings is 1. The molecule has 0 unspecified atom stereocenters. The maximum absolute atomic E-state index is 14.2. The highest BCUT2D eigenvalue weighted by atomic mass is 35.5. The minimum Gasteiger partial charge on any atom is -0.356 e. The Morgan fingerprint density at radius 2 is 1.96 bits per heavy atom. The van der Waals surface area contributed by atoms with Gasteiger partial charge in [-0.15, -0.1) is 11.6 Å². The summed E-state index contributed by atoms with van der Waals surface area (Å²) in [5.74, 6) is -0.298. The van der Waals surface area contributed by atoms with Gasteiger partial charge in [0, 0.05) is 46.2 Å². The fourth-order valence-electron chi connectivity index (χ4n) is 3.79. The number of fused-ring (bicyclic) bond motifs is 1. The van der Waals surface area contributed by atoms with Crippen LogP contribution in [0.15, 0.2) is 18.2 Å². The van der Waals surface area contributed by atoms with Crippen LogP contribution in [0.3, 0.4) is 0 Å². The normalized spacial score (nSPS) is 16.9. The van der Waals surface area contributed by atoms with E-state index in [-0.39, 0.29) is 23.5 Å². The van der Waals surface area contributed by atoms with Crippen LogP contribution in [0.1, 0.15) is 30.0 Å². The molecule has 7 heteroatoms. The van der Waals surface area contributed by atoms with Gasteiger partial charge in [-0.3, -0.25) is 14.5 Å². The largest absolute Gasteiger partial charge is 0.356 e. The van der Waals surface area contributed by atoms with Crippen LogP contribution in [0.2, 0.25) is 0 Å². The van der Waals surface area contributed by atoms with Gasteiger partial charge in [-0.2, -0.15) is 0 Å². The van der Waals surface area contributed by atoms with Gasteiger partial charge < -0.3 is 10.2 Å². The van der Waals surface area contributed by atoms with E-state index < -0.39 is 0 Å². The molecule has 0 spiro atoms. The first-order valence-corrected chi connectivity index (χ1v) is 9.82. The lowest BCUT2D eigenvalue weighted by Crippen LogP contribution is -2.48. The first-order chi connectivity index (χ1) is 13.0. The second-order valence-corrected chi connectivity index (χ2v) is 7.32. The summed E-state index contributed by atoms with van der Waals surface area (Å²) >= 11 is 5.62. The van der Waals surface area contributed by atoms with Crippen molar-refractivity contribution in [1.82, 2.24) is 15.1 Å². The molecule has 1 heterocycles. The SMILES string of the molecule is CC(=O)NCCC1=CCc2c(CN3CCN(C(=O)CCl)CC3)cc(F)cc21. The first-order valence-electron chi connectivity index (χ1n) is 9.29. The molecular formula is C20H25ClFN3O2. The Balaban J connectivity index is 1.65. The molecular weight excluding hydrogens is 369 g/mol. The third-order valence-corrected chi connectivity index (χ3v) is 5.44. The van der Waals surface area contributed by atoms with E-state index in [9.17, 15) is 14.0 Å². The monoisotopic (exact) mass is 393 g/mol. The molecule has 1 fully saturated rings. The maximum Gasteiger partial charge on any atom is 0.237 e. The van der Waals surface area contributed by atoms with E-state index in [1.807, 2.05) is 0 Å². The van der Waals surface area contributed by atoms with E-state index in [1.54, 1.807) is 17.0 Å². The highest BCUT2D eigenvalue weighted by Gasteiger charge is 2.23. The van der Waals surface area contributed by atoms with Crippen LogP contribution in [0.5, 0.6) is 0 Å². The number of hydrogen-bond donors (Lipinski definition) is 1. The Kier molecular flexibility index (Phi) is 6.50. The van der Waals surface area contributed by atoms with E-state index in [2.05, 4.69) is 16.3 Å². The lowest BCUT2D eigenvalue weighted by atomic mass is 9.98. The molecule has 0 atom stereocenters. The van der Waals surface area contributed by atoms with Crippen molar-refractivity contribution in [2.75, 3.05) is 38.6 Å². The highest BCUT2D eigenvalue weighted by Crippen LogP contribution is 2.33. The van der Waals surface area contributed by atoms with Crippen LogP contribution in [0, 0.1) is 5.82 Å². The van der Waals surface area contributed by atoms with Crippen molar-refractivity contribution >= 4 is 29.0 Å². The van der Waals surface area contributed by atoms with Crippen LogP contribution in [0.25, 0.3) is 5.57 Å². The molecule has 3 rings (SSSR count). The van der Waals surface area contributed by atoms with E-state index in [4.69, 9.17) is 11.6 Å². The van der Waals surface area contributed by atoms with Crippen LogP contribution in [-0.2, 0) is 22.6 Å². The number of carbonyl (C=O) groups excluding carboxylic acids is 2. The van der Waals surface area contributed by atoms with Gasteiger partial charge in [0.1, 0.15) is 11.7 Å². The third-order valence-electron chi connectivity index (χ3n) is 5.21. The van der Waals surface area contributed by atoms with Gasteiger partial charge in [0.15, 0.2) is 0 Å². The predicted molar refractivity (Wildman–Crippen MR) is 104 cm³/mol. The van der Waals surface area contributed by atoms with Crippen molar-refractivity contribution in [3.8, 4) is 0 Å². The van der Waals surface area contributed by atoms with E-state index in [1.165, 1.54) is 12.5 Å². The van der Waals surface area contributed by atoms with Crippen molar-refractivity contribution in [3.05, 3.63) is 40.7 Å². The standard InChI is InChI=1S/C20H25ClFN3O2/c1-14(26)23-5-4-15-2-3-18-16(10-17(22)11-19(15)18)13-24-6-8-25(9-7-24)20(27)12-21/h2,10-11H,3-9,12-13H2,1H3,(H,23,26). The van der Waals surface area contributed by atoms with Gasteiger partial charge in [-0.05, 0) is 47.2 Å². The number of piperazine rings is 1. The van der Waals surface area contributed by atoms with Gasteiger partial charge in [0.25, 0.3) is 0 Å². The number of allylic oxidation sites excluding steroid dienone is 1. The molecule has 1 saturated heterocycles. The number of nitrogens with one attached hydrogen (secondary N) is 1. The second kappa shape index (κ2) is 8.85. The fraction of sp³-hybridized carbons (Fsp3) is 0.500. The van der Waals surface area contributed by atoms with Crippen molar-refractivity contribution < 1.29 is 14.0 Å². The fourth-order valence-corrected chi connectivity index (χ4v) is 3.96. The molecule has 2 amide bonds. The molecule has 1 aromatic carbocycles. The van der Waals surface area contributed by atoms with E-state index in [0.717, 1.165) is 36.2 Å². The van der Waals surface area contributed by atoms with Crippen molar-refractivity contribution in [3.63, 3.8) is 0 Å². The number of rotatable bonds is 6. The average Bonchev–Trinajstić information content (AvgIpc) is 3.04. The number of halogens is 2. The number of hydrogen-bond acceptors (Lipinski definition) is 3. The summed E-state index contributed by atoms with van der Waals surface area (Å²) in [5, 5.41) is 2.79. The Hall–Kier alpha value is -1.92. The molecule has 2 aliphatic rings. The summed E-state index contributed by atoms with van der Waals surface area (Å²) in [4.78, 5) is 26.8. The topological polar surface area (TPSA) is 52.7 Å². The number of amides is 2. The molecule has 0 bridgehead atoms. The lowest BCUT2D eigenvalue weighted by Gasteiger charge is -2.34. The molecule has 146 valence electrons. The molecule has 1 aliphatic carbocycles. The molecule has 1 N–H and O–H groups in total. The summed E-state index contributed by atoms with van der Waals surface area (Å²) < 4.78 is 14.2. The van der Waals surface area contributed by atoms with E-state index in [0.29, 0.717) is 32.6 Å². The van der Waals surface area contributed by atoms with Crippen molar-refractivity contribution in [2.24, 2.45) is 0 Å². The zero-order valence-electron chi connectivity index (χ0n) is 15.6. The van der Waals surface area contributed by atoms with Crippen molar-refractivity contribution in [1.29, 1.82) is 0 Å². The smallest absolute Gasteiger partial charge is 0.237 e. The maximum atomic E-state index is 14.2. The zero-order chi connectivity index (χ0) is 19.4. The summed E-state index contributed by atoms with van der Waals surface area (Å²) in [6, 6.07) is 3.22. The molecule has 5 nitrogen and oxygen atoms in total. The van der Waals surface area contributed by atoms with E-state index >= 15 is 0 Å². The van der Waals surface area contributed by atoms with Crippen LogP contribution in [0.4, 0.5) is 4.39 Å². The van der Waals surface area contributed by atoms with Crippen LogP contribution < -0.4 is 5.32 Å². The summed E-state index contributed by atoms with van der Waals surface area (Å²) in [6.45, 7) is 5.56. The summed E-state index contributed by atoms with van der Waals surface area (Å²) in [7, 11) is 0. The molecule has 0 saturated carbocycles. The third kappa shape index (κ3) is 4.87. The number of nitrogens with zero attached hydrogens (tertiary/aromatic N) is 2. The van der Waals surface area contributed by atoms with Crippen molar-refractivity contribution in [2.45, 2.75) is 26.3 Å². The predicted octanol–water partition coefficient (Wildman–Crippen LogP) is 2.17. The summed E-state index contributed by atoms with van der Waals surface area (Å²) in [6.07, 6.45) is 3.63. The molecule has 0 radical (unpaired) electrons. The Bertz CT molecular complexity index is 758. The molecule has 0 aromatic heterocycles. The van der Waals surface area contributed by atoms with Gasteiger partial charge in [-0.25, -0.2) is 4.39 Å². The average molecular weight is 394 g/mol. The van der Waals surface area contributed by atoms with Gasteiger partial charge in [0.2, 0.25) is 11.8 Å². The number of carbonyl (C=O) groups is 2. The molecule has 1 aromatic rings. The minimum absolute atomic E-state index is 0.0182. The van der Waals surface area contributed by atoms with Crippen LogP contribution in [-0.4, -0.2) is 60.2 Å². The Morgan fingerprint density at radius 1 is 1.22 bits per heavy atom. The van der Waals surface area contributed by atoms with Gasteiger partial charge in [-0.1, -0.05) is 6.08 Å². The van der Waals surface area contributed by atoms with Gasteiger partial charge in [0.05, 0.1) is 0 Å². The first kappa shape index (κ1) is 19.8. The lowest BCUT2D eigenvalue weighted by molar-refractivity contribution is -0.130.